The second-order valence-electron chi connectivity index (χ2n) is 4.62. The van der Waals surface area contributed by atoms with Crippen molar-refractivity contribution in [2.24, 2.45) is 0 Å². The lowest BCUT2D eigenvalue weighted by atomic mass is 10.00. The Morgan fingerprint density at radius 2 is 2.29 bits per heavy atom. The summed E-state index contributed by atoms with van der Waals surface area (Å²) in [5.41, 5.74) is 0.473. The van der Waals surface area contributed by atoms with Crippen LogP contribution in [0.3, 0.4) is 0 Å². The number of amides is 2. The molecule has 0 aromatic rings. The molecule has 0 aromatic heterocycles. The van der Waals surface area contributed by atoms with Crippen LogP contribution >= 0.6 is 9.03 Å². The van der Waals surface area contributed by atoms with Gasteiger partial charge in [-0.3, -0.25) is 14.9 Å². The average molecular weight is 319 g/mol. The van der Waals surface area contributed by atoms with E-state index in [0.29, 0.717) is 12.0 Å². The van der Waals surface area contributed by atoms with Crippen LogP contribution < -0.4 is 5.32 Å². The lowest BCUT2D eigenvalue weighted by Gasteiger charge is -2.16. The molecule has 0 bridgehead atoms. The van der Waals surface area contributed by atoms with E-state index in [4.69, 9.17) is 14.2 Å². The number of hydrogen-bond donors (Lipinski definition) is 3. The molecule has 0 aliphatic carbocycles. The lowest BCUT2D eigenvalue weighted by molar-refractivity contribution is -0.126. The van der Waals surface area contributed by atoms with E-state index in [9.17, 15) is 19.1 Å². The molecule has 116 valence electrons. The summed E-state index contributed by atoms with van der Waals surface area (Å²) in [5.74, 6) is -2.83. The van der Waals surface area contributed by atoms with Crippen molar-refractivity contribution in [1.29, 1.82) is 0 Å². The van der Waals surface area contributed by atoms with Crippen LogP contribution in [0, 0.1) is 0 Å². The van der Waals surface area contributed by atoms with E-state index in [2.05, 4.69) is 0 Å². The maximum absolute atomic E-state index is 13.3. The Hall–Kier alpha value is -1.18. The zero-order chi connectivity index (χ0) is 15.4. The minimum atomic E-state index is -1.07. The average Bonchev–Trinajstić information content (AvgIpc) is 2.85. The number of carbonyl (C=O) groups excluding carboxylic acids is 2. The van der Waals surface area contributed by atoms with Crippen LogP contribution in [0.2, 0.25) is 0 Å². The van der Waals surface area contributed by atoms with Gasteiger partial charge in [-0.1, -0.05) is 0 Å². The summed E-state index contributed by atoms with van der Waals surface area (Å²) in [6.07, 6.45) is 0.930. The van der Waals surface area contributed by atoms with E-state index in [0.717, 1.165) is 6.08 Å². The highest BCUT2D eigenvalue weighted by Crippen LogP contribution is 2.32. The van der Waals surface area contributed by atoms with E-state index in [1.165, 1.54) is 6.08 Å². The van der Waals surface area contributed by atoms with Gasteiger partial charge < -0.3 is 19.3 Å². The van der Waals surface area contributed by atoms with E-state index in [-0.39, 0.29) is 13.0 Å². The van der Waals surface area contributed by atoms with Gasteiger partial charge >= 0.3 is 0 Å². The molecule has 2 rings (SSSR count). The Morgan fingerprint density at radius 3 is 2.95 bits per heavy atom. The summed E-state index contributed by atoms with van der Waals surface area (Å²) >= 11 is 0. The molecule has 0 saturated carbocycles. The Bertz CT molecular complexity index is 494. The summed E-state index contributed by atoms with van der Waals surface area (Å²) < 4.78 is 24.0. The van der Waals surface area contributed by atoms with Crippen molar-refractivity contribution < 1.29 is 33.2 Å². The Balaban J connectivity index is 2.13. The number of imide groups is 1. The Kier molecular flexibility index (Phi) is 5.55. The first-order valence-electron chi connectivity index (χ1n) is 6.27. The number of halogens is 1. The maximum Gasteiger partial charge on any atom is 0.286 e. The molecule has 2 aliphatic heterocycles. The Morgan fingerprint density at radius 1 is 1.52 bits per heavy atom. The second kappa shape index (κ2) is 7.20. The van der Waals surface area contributed by atoms with Gasteiger partial charge in [-0.05, 0) is 18.1 Å². The molecule has 2 aliphatic rings. The van der Waals surface area contributed by atoms with Crippen LogP contribution in [0.25, 0.3) is 0 Å². The molecule has 9 heteroatoms. The lowest BCUT2D eigenvalue weighted by Crippen LogP contribution is -2.31. The molecule has 4 atom stereocenters. The summed E-state index contributed by atoms with van der Waals surface area (Å²) in [4.78, 5) is 31.5. The third kappa shape index (κ3) is 3.93. The van der Waals surface area contributed by atoms with Crippen LogP contribution in [0.5, 0.6) is 0 Å². The molecule has 21 heavy (non-hydrogen) atoms. The van der Waals surface area contributed by atoms with Gasteiger partial charge in [0, 0.05) is 12.5 Å². The molecule has 3 N–H and O–H groups in total. The first-order valence-corrected chi connectivity index (χ1v) is 7.13. The van der Waals surface area contributed by atoms with Gasteiger partial charge in [-0.15, -0.1) is 0 Å². The predicted octanol–water partition coefficient (Wildman–Crippen LogP) is -0.152. The van der Waals surface area contributed by atoms with Gasteiger partial charge in [0.15, 0.2) is 14.9 Å². The van der Waals surface area contributed by atoms with E-state index >= 15 is 0 Å². The number of rotatable bonds is 4. The van der Waals surface area contributed by atoms with Gasteiger partial charge in [-0.2, -0.15) is 0 Å². The van der Waals surface area contributed by atoms with E-state index < -0.39 is 45.0 Å². The van der Waals surface area contributed by atoms with Gasteiger partial charge in [0.25, 0.3) is 11.8 Å². The standard InChI is InChI=1S/C12H15FNO6P/c13-7-2-1-6(3-11(16)14-12(7)17)8-4-9(20-21-18)10(5-15)19-8/h2-3,8-10,15,18,21H,1,4-5H2,(H,14,16,17)/t8-,9?,10-/m1/s1. The van der Waals surface area contributed by atoms with Crippen LogP contribution in [0.15, 0.2) is 23.6 Å². The number of carbonyl (C=O) groups is 2. The fourth-order valence-electron chi connectivity index (χ4n) is 2.27. The van der Waals surface area contributed by atoms with Crippen molar-refractivity contribution in [3.8, 4) is 0 Å². The molecular weight excluding hydrogens is 304 g/mol. The molecule has 2 unspecified atom stereocenters. The minimum Gasteiger partial charge on any atom is -0.394 e. The van der Waals surface area contributed by atoms with Crippen LogP contribution in [0.1, 0.15) is 12.8 Å². The van der Waals surface area contributed by atoms with Gasteiger partial charge in [0.1, 0.15) is 6.10 Å². The van der Waals surface area contributed by atoms with Crippen molar-refractivity contribution in [1.82, 2.24) is 5.32 Å². The first-order chi connectivity index (χ1) is 10.0. The fraction of sp³-hybridized carbons (Fsp3) is 0.500. The van der Waals surface area contributed by atoms with Crippen molar-refractivity contribution in [2.45, 2.75) is 31.2 Å². The van der Waals surface area contributed by atoms with Crippen molar-refractivity contribution in [2.75, 3.05) is 6.61 Å². The monoisotopic (exact) mass is 319 g/mol. The number of allylic oxidation sites excluding steroid dienone is 1. The zero-order valence-corrected chi connectivity index (χ0v) is 11.9. The van der Waals surface area contributed by atoms with Crippen LogP contribution in [-0.2, 0) is 18.8 Å². The highest BCUT2D eigenvalue weighted by atomic mass is 31.1. The van der Waals surface area contributed by atoms with Crippen molar-refractivity contribution in [3.05, 3.63) is 23.6 Å². The van der Waals surface area contributed by atoms with Gasteiger partial charge in [0.2, 0.25) is 0 Å². The van der Waals surface area contributed by atoms with E-state index in [1.807, 2.05) is 5.32 Å². The molecule has 0 spiro atoms. The highest BCUT2D eigenvalue weighted by molar-refractivity contribution is 7.25. The topological polar surface area (TPSA) is 105 Å². The van der Waals surface area contributed by atoms with Crippen LogP contribution in [-0.4, -0.2) is 46.7 Å². The SMILES string of the molecule is O=C1C=C([C@H]2CC(OPO)[C@@H](CO)O2)CC=C(F)C(=O)N1. The molecule has 7 nitrogen and oxygen atoms in total. The third-order valence-corrected chi connectivity index (χ3v) is 3.69. The van der Waals surface area contributed by atoms with Crippen molar-refractivity contribution >= 4 is 20.8 Å². The largest absolute Gasteiger partial charge is 0.394 e. The summed E-state index contributed by atoms with van der Waals surface area (Å²) in [6.45, 7) is -0.298. The minimum absolute atomic E-state index is 0.0436. The molecule has 0 aromatic carbocycles. The summed E-state index contributed by atoms with van der Waals surface area (Å²) in [6, 6.07) is 0. The quantitative estimate of drug-likeness (QED) is 0.492. The summed E-state index contributed by atoms with van der Waals surface area (Å²) in [5, 5.41) is 11.1. The normalized spacial score (nSPS) is 30.9. The van der Waals surface area contributed by atoms with Gasteiger partial charge in [0.05, 0.1) is 18.8 Å². The fourth-order valence-corrected chi connectivity index (χ4v) is 2.65. The molecule has 1 fully saturated rings. The Labute approximate surface area is 121 Å². The molecule has 0 radical (unpaired) electrons. The van der Waals surface area contributed by atoms with Gasteiger partial charge in [-0.25, -0.2) is 4.39 Å². The third-order valence-electron chi connectivity index (χ3n) is 3.28. The number of hydrogen-bond acceptors (Lipinski definition) is 6. The summed E-state index contributed by atoms with van der Waals surface area (Å²) in [7, 11) is -0.742. The number of aliphatic hydroxyl groups excluding tert-OH is 1. The highest BCUT2D eigenvalue weighted by Gasteiger charge is 2.37. The predicted molar refractivity (Wildman–Crippen MR) is 70.8 cm³/mol. The number of aliphatic hydroxyl groups is 1. The number of nitrogens with one attached hydrogen (secondary N) is 1. The zero-order valence-electron chi connectivity index (χ0n) is 10.9. The smallest absolute Gasteiger partial charge is 0.286 e. The first kappa shape index (κ1) is 16.2. The molecule has 1 saturated heterocycles. The molecule has 2 amide bonds. The van der Waals surface area contributed by atoms with Crippen molar-refractivity contribution in [3.63, 3.8) is 0 Å². The number of ether oxygens (including phenoxy) is 1. The molecule has 2 heterocycles. The van der Waals surface area contributed by atoms with E-state index in [1.54, 1.807) is 0 Å². The maximum atomic E-state index is 13.3. The second-order valence-corrected chi connectivity index (χ2v) is 5.04. The molecular formula is C12H15FNO6P. The van der Waals surface area contributed by atoms with Crippen LogP contribution in [0.4, 0.5) is 4.39 Å².